The Hall–Kier alpha value is -3.18. The summed E-state index contributed by atoms with van der Waals surface area (Å²) in [5.74, 6) is -0.259. The minimum Gasteiger partial charge on any atom is -0.322 e. The second kappa shape index (κ2) is 6.61. The molecule has 3 aromatic carbocycles. The van der Waals surface area contributed by atoms with E-state index in [-0.39, 0.29) is 5.91 Å². The summed E-state index contributed by atoms with van der Waals surface area (Å²) in [5.41, 5.74) is 4.40. The van der Waals surface area contributed by atoms with Crippen molar-refractivity contribution in [3.63, 3.8) is 0 Å². The molecule has 0 atom stereocenters. The minimum absolute atomic E-state index is 0.259. The normalized spacial score (nSPS) is 10.8. The van der Waals surface area contributed by atoms with E-state index >= 15 is 0 Å². The first-order chi connectivity index (χ1) is 12.6. The molecule has 0 fully saturated rings. The number of hydrogen-bond donors (Lipinski definition) is 1. The Kier molecular flexibility index (Phi) is 4.14. The predicted molar refractivity (Wildman–Crippen MR) is 103 cm³/mol. The molecule has 0 radical (unpaired) electrons. The Morgan fingerprint density at radius 1 is 0.962 bits per heavy atom. The third-order valence-corrected chi connectivity index (χ3v) is 4.31. The first kappa shape index (κ1) is 16.3. The van der Waals surface area contributed by atoms with Crippen LogP contribution in [0, 0.1) is 6.92 Å². The summed E-state index contributed by atoms with van der Waals surface area (Å²) in [6.07, 6.45) is 0. The van der Waals surface area contributed by atoms with Crippen LogP contribution >= 0.6 is 11.6 Å². The number of nitrogens with one attached hydrogen (secondary N) is 1. The van der Waals surface area contributed by atoms with E-state index < -0.39 is 0 Å². The first-order valence-electron chi connectivity index (χ1n) is 8.10. The van der Waals surface area contributed by atoms with Crippen LogP contribution in [0.5, 0.6) is 0 Å². The number of aryl methyl sites for hydroxylation is 1. The van der Waals surface area contributed by atoms with Gasteiger partial charge in [-0.15, -0.1) is 10.2 Å². The van der Waals surface area contributed by atoms with Crippen LogP contribution in [0.15, 0.2) is 66.7 Å². The van der Waals surface area contributed by atoms with Crippen molar-refractivity contribution in [2.75, 3.05) is 5.32 Å². The topological polar surface area (TPSA) is 59.8 Å². The van der Waals surface area contributed by atoms with Gasteiger partial charge in [0.25, 0.3) is 5.91 Å². The first-order valence-corrected chi connectivity index (χ1v) is 8.48. The Labute approximate surface area is 155 Å². The minimum atomic E-state index is -0.259. The van der Waals surface area contributed by atoms with Crippen molar-refractivity contribution in [1.82, 2.24) is 15.0 Å². The van der Waals surface area contributed by atoms with E-state index in [0.717, 1.165) is 16.8 Å². The molecule has 5 nitrogen and oxygen atoms in total. The molecule has 1 amide bonds. The largest absolute Gasteiger partial charge is 0.322 e. The van der Waals surface area contributed by atoms with Crippen LogP contribution in [-0.4, -0.2) is 20.9 Å². The Bertz CT molecular complexity index is 1110. The highest BCUT2D eigenvalue weighted by molar-refractivity contribution is 6.34. The standard InChI is InChI=1S/C20H15ClN4O/c1-13-7-9-16(17(21)11-13)20(26)22-14-8-10-18-19(12-14)24-25(23-18)15-5-3-2-4-6-15/h2-12H,1H3,(H,22,26). The Balaban J connectivity index is 1.62. The molecular formula is C20H15ClN4O. The summed E-state index contributed by atoms with van der Waals surface area (Å²) >= 11 is 6.17. The maximum atomic E-state index is 12.5. The van der Waals surface area contributed by atoms with Crippen molar-refractivity contribution in [1.29, 1.82) is 0 Å². The second-order valence-corrected chi connectivity index (χ2v) is 6.37. The van der Waals surface area contributed by atoms with Gasteiger partial charge in [0, 0.05) is 5.69 Å². The van der Waals surface area contributed by atoms with Crippen molar-refractivity contribution in [3.05, 3.63) is 82.9 Å². The van der Waals surface area contributed by atoms with Gasteiger partial charge >= 0.3 is 0 Å². The molecule has 0 aliphatic rings. The van der Waals surface area contributed by atoms with E-state index in [1.165, 1.54) is 0 Å². The fourth-order valence-corrected chi connectivity index (χ4v) is 2.99. The van der Waals surface area contributed by atoms with E-state index in [1.54, 1.807) is 29.1 Å². The van der Waals surface area contributed by atoms with Crippen molar-refractivity contribution >= 4 is 34.2 Å². The van der Waals surface area contributed by atoms with Gasteiger partial charge in [0.2, 0.25) is 0 Å². The number of amides is 1. The fraction of sp³-hybridized carbons (Fsp3) is 0.0500. The van der Waals surface area contributed by atoms with Gasteiger partial charge in [-0.3, -0.25) is 4.79 Å². The molecule has 4 rings (SSSR count). The molecule has 6 heteroatoms. The number of carbonyl (C=O) groups excluding carboxylic acids is 1. The lowest BCUT2D eigenvalue weighted by atomic mass is 10.1. The number of rotatable bonds is 3. The molecular weight excluding hydrogens is 348 g/mol. The highest BCUT2D eigenvalue weighted by Gasteiger charge is 2.12. The highest BCUT2D eigenvalue weighted by atomic mass is 35.5. The monoisotopic (exact) mass is 362 g/mol. The molecule has 0 spiro atoms. The number of hydrogen-bond acceptors (Lipinski definition) is 3. The molecule has 0 saturated carbocycles. The summed E-state index contributed by atoms with van der Waals surface area (Å²) in [6, 6.07) is 20.4. The lowest BCUT2D eigenvalue weighted by Crippen LogP contribution is -2.12. The number of halogens is 1. The van der Waals surface area contributed by atoms with E-state index in [0.29, 0.717) is 21.8 Å². The van der Waals surface area contributed by atoms with Crippen LogP contribution in [0.2, 0.25) is 5.02 Å². The van der Waals surface area contributed by atoms with Gasteiger partial charge in [0.15, 0.2) is 0 Å². The molecule has 0 saturated heterocycles. The molecule has 1 aromatic heterocycles. The van der Waals surface area contributed by atoms with Gasteiger partial charge in [0.1, 0.15) is 11.0 Å². The van der Waals surface area contributed by atoms with E-state index in [4.69, 9.17) is 11.6 Å². The SMILES string of the molecule is Cc1ccc(C(=O)Nc2ccc3nn(-c4ccccc4)nc3c2)c(Cl)c1. The Morgan fingerprint density at radius 2 is 1.73 bits per heavy atom. The average molecular weight is 363 g/mol. The van der Waals surface area contributed by atoms with Crippen LogP contribution < -0.4 is 5.32 Å². The quantitative estimate of drug-likeness (QED) is 0.577. The molecule has 0 aliphatic heterocycles. The number of carbonyl (C=O) groups is 1. The number of fused-ring (bicyclic) bond motifs is 1. The number of benzene rings is 3. The number of para-hydroxylation sites is 1. The highest BCUT2D eigenvalue weighted by Crippen LogP contribution is 2.21. The zero-order valence-corrected chi connectivity index (χ0v) is 14.7. The molecule has 0 bridgehead atoms. The predicted octanol–water partition coefficient (Wildman–Crippen LogP) is 4.63. The van der Waals surface area contributed by atoms with Gasteiger partial charge in [-0.25, -0.2) is 0 Å². The summed E-state index contributed by atoms with van der Waals surface area (Å²) in [4.78, 5) is 14.0. The van der Waals surface area contributed by atoms with Crippen LogP contribution in [-0.2, 0) is 0 Å². The maximum absolute atomic E-state index is 12.5. The van der Waals surface area contributed by atoms with Crippen molar-refractivity contribution in [2.45, 2.75) is 6.92 Å². The summed E-state index contributed by atoms with van der Waals surface area (Å²) < 4.78 is 0. The molecule has 1 N–H and O–H groups in total. The van der Waals surface area contributed by atoms with Crippen molar-refractivity contribution < 1.29 is 4.79 Å². The van der Waals surface area contributed by atoms with Gasteiger partial charge in [-0.05, 0) is 55.0 Å². The van der Waals surface area contributed by atoms with Crippen LogP contribution in [0.4, 0.5) is 5.69 Å². The van der Waals surface area contributed by atoms with Crippen LogP contribution in [0.25, 0.3) is 16.7 Å². The molecule has 0 unspecified atom stereocenters. The summed E-state index contributed by atoms with van der Waals surface area (Å²) in [6.45, 7) is 1.93. The smallest absolute Gasteiger partial charge is 0.257 e. The number of nitrogens with zero attached hydrogens (tertiary/aromatic N) is 3. The Morgan fingerprint density at radius 3 is 2.50 bits per heavy atom. The third-order valence-electron chi connectivity index (χ3n) is 3.99. The van der Waals surface area contributed by atoms with Crippen molar-refractivity contribution in [2.24, 2.45) is 0 Å². The zero-order chi connectivity index (χ0) is 18.1. The zero-order valence-electron chi connectivity index (χ0n) is 14.0. The molecule has 1 heterocycles. The number of anilines is 1. The van der Waals surface area contributed by atoms with E-state index in [2.05, 4.69) is 15.5 Å². The molecule has 128 valence electrons. The van der Waals surface area contributed by atoms with Gasteiger partial charge in [0.05, 0.1) is 16.3 Å². The second-order valence-electron chi connectivity index (χ2n) is 5.97. The lowest BCUT2D eigenvalue weighted by Gasteiger charge is -2.07. The van der Waals surface area contributed by atoms with E-state index in [1.807, 2.05) is 49.4 Å². The summed E-state index contributed by atoms with van der Waals surface area (Å²) in [5, 5.41) is 12.2. The average Bonchev–Trinajstić information content (AvgIpc) is 3.05. The molecule has 26 heavy (non-hydrogen) atoms. The van der Waals surface area contributed by atoms with Crippen LogP contribution in [0.3, 0.4) is 0 Å². The van der Waals surface area contributed by atoms with Gasteiger partial charge in [-0.2, -0.15) is 4.80 Å². The van der Waals surface area contributed by atoms with E-state index in [9.17, 15) is 4.79 Å². The molecule has 4 aromatic rings. The third kappa shape index (κ3) is 3.17. The van der Waals surface area contributed by atoms with Gasteiger partial charge < -0.3 is 5.32 Å². The number of aromatic nitrogens is 3. The van der Waals surface area contributed by atoms with Crippen LogP contribution in [0.1, 0.15) is 15.9 Å². The van der Waals surface area contributed by atoms with Gasteiger partial charge in [-0.1, -0.05) is 35.9 Å². The molecule has 0 aliphatic carbocycles. The summed E-state index contributed by atoms with van der Waals surface area (Å²) in [7, 11) is 0. The fourth-order valence-electron chi connectivity index (χ4n) is 2.67. The van der Waals surface area contributed by atoms with Crippen molar-refractivity contribution in [3.8, 4) is 5.69 Å². The lowest BCUT2D eigenvalue weighted by molar-refractivity contribution is 0.102. The maximum Gasteiger partial charge on any atom is 0.257 e.